The number of carbonyl (C=O) groups excluding carboxylic acids is 1. The molecule has 0 aliphatic rings. The second-order valence-electron chi connectivity index (χ2n) is 3.76. The molecule has 0 bridgehead atoms. The third-order valence-corrected chi connectivity index (χ3v) is 3.63. The molecule has 0 heterocycles. The Bertz CT molecular complexity index is 161. The highest BCUT2D eigenvalue weighted by molar-refractivity contribution is 7.99. The second kappa shape index (κ2) is 8.16. The zero-order chi connectivity index (χ0) is 11.0. The van der Waals surface area contributed by atoms with Crippen LogP contribution >= 0.6 is 11.8 Å². The Morgan fingerprint density at radius 2 is 2.07 bits per heavy atom. The van der Waals surface area contributed by atoms with Crippen LogP contribution in [-0.4, -0.2) is 23.5 Å². The van der Waals surface area contributed by atoms with E-state index in [1.165, 1.54) is 25.7 Å². The lowest BCUT2D eigenvalue weighted by Crippen LogP contribution is -2.38. The van der Waals surface area contributed by atoms with Crippen LogP contribution in [0.3, 0.4) is 0 Å². The SMILES string of the molecule is CCCCCC(SC)C(C)NC(C)=O. The number of hydrogen-bond donors (Lipinski definition) is 1. The predicted molar refractivity (Wildman–Crippen MR) is 64.7 cm³/mol. The lowest BCUT2D eigenvalue weighted by atomic mass is 10.1. The Hall–Kier alpha value is -0.180. The number of thioether (sulfide) groups is 1. The summed E-state index contributed by atoms with van der Waals surface area (Å²) in [5, 5.41) is 3.52. The minimum absolute atomic E-state index is 0.0760. The molecule has 0 rings (SSSR count). The maximum Gasteiger partial charge on any atom is 0.217 e. The van der Waals surface area contributed by atoms with E-state index in [2.05, 4.69) is 25.4 Å². The maximum atomic E-state index is 10.9. The van der Waals surface area contributed by atoms with Gasteiger partial charge < -0.3 is 5.32 Å². The summed E-state index contributed by atoms with van der Waals surface area (Å²) in [7, 11) is 0. The molecule has 1 amide bonds. The number of amides is 1. The van der Waals surface area contributed by atoms with Crippen molar-refractivity contribution in [1.82, 2.24) is 5.32 Å². The topological polar surface area (TPSA) is 29.1 Å². The van der Waals surface area contributed by atoms with Crippen LogP contribution in [0, 0.1) is 0 Å². The summed E-state index contributed by atoms with van der Waals surface area (Å²) < 4.78 is 0. The quantitative estimate of drug-likeness (QED) is 0.664. The third-order valence-electron chi connectivity index (χ3n) is 2.38. The van der Waals surface area contributed by atoms with Crippen molar-refractivity contribution in [2.45, 2.75) is 57.7 Å². The van der Waals surface area contributed by atoms with E-state index < -0.39 is 0 Å². The van der Waals surface area contributed by atoms with Gasteiger partial charge in [-0.2, -0.15) is 11.8 Å². The molecule has 2 atom stereocenters. The molecule has 0 radical (unpaired) electrons. The summed E-state index contributed by atoms with van der Waals surface area (Å²) in [6.07, 6.45) is 7.15. The molecule has 1 N–H and O–H groups in total. The maximum absolute atomic E-state index is 10.9. The van der Waals surface area contributed by atoms with E-state index in [0.29, 0.717) is 11.3 Å². The van der Waals surface area contributed by atoms with Crippen molar-refractivity contribution in [3.05, 3.63) is 0 Å². The van der Waals surface area contributed by atoms with E-state index >= 15 is 0 Å². The van der Waals surface area contributed by atoms with Crippen molar-refractivity contribution < 1.29 is 4.79 Å². The molecule has 0 aliphatic heterocycles. The Morgan fingerprint density at radius 1 is 1.43 bits per heavy atom. The Balaban J connectivity index is 3.80. The molecule has 3 heteroatoms. The first-order valence-electron chi connectivity index (χ1n) is 5.41. The molecule has 0 spiro atoms. The van der Waals surface area contributed by atoms with Crippen molar-refractivity contribution in [3.8, 4) is 0 Å². The van der Waals surface area contributed by atoms with Gasteiger partial charge in [-0.1, -0.05) is 26.2 Å². The van der Waals surface area contributed by atoms with Crippen LogP contribution in [0.5, 0.6) is 0 Å². The van der Waals surface area contributed by atoms with Crippen LogP contribution in [0.1, 0.15) is 46.5 Å². The molecule has 0 aromatic heterocycles. The first kappa shape index (κ1) is 13.8. The fourth-order valence-electron chi connectivity index (χ4n) is 1.58. The van der Waals surface area contributed by atoms with Gasteiger partial charge in [0.2, 0.25) is 5.91 Å². The normalized spacial score (nSPS) is 14.9. The van der Waals surface area contributed by atoms with E-state index in [1.54, 1.807) is 6.92 Å². The predicted octanol–water partition coefficient (Wildman–Crippen LogP) is 2.82. The fraction of sp³-hybridized carbons (Fsp3) is 0.909. The van der Waals surface area contributed by atoms with Gasteiger partial charge in [-0.15, -0.1) is 0 Å². The second-order valence-corrected chi connectivity index (χ2v) is 4.84. The minimum Gasteiger partial charge on any atom is -0.353 e. The third kappa shape index (κ3) is 6.30. The summed E-state index contributed by atoms with van der Waals surface area (Å²) in [6, 6.07) is 0.291. The largest absolute Gasteiger partial charge is 0.353 e. The van der Waals surface area contributed by atoms with Gasteiger partial charge >= 0.3 is 0 Å². The first-order chi connectivity index (χ1) is 6.61. The molecule has 0 fully saturated rings. The highest BCUT2D eigenvalue weighted by atomic mass is 32.2. The summed E-state index contributed by atoms with van der Waals surface area (Å²) in [6.45, 7) is 5.89. The van der Waals surface area contributed by atoms with Crippen molar-refractivity contribution in [1.29, 1.82) is 0 Å². The molecule has 14 heavy (non-hydrogen) atoms. The molecule has 0 saturated carbocycles. The monoisotopic (exact) mass is 217 g/mol. The van der Waals surface area contributed by atoms with Crippen LogP contribution in [0.4, 0.5) is 0 Å². The summed E-state index contributed by atoms with van der Waals surface area (Å²) in [5.41, 5.74) is 0. The van der Waals surface area contributed by atoms with Gasteiger partial charge in [0.15, 0.2) is 0 Å². The standard InChI is InChI=1S/C11H23NOS/c1-5-6-7-8-11(14-4)9(2)12-10(3)13/h9,11H,5-8H2,1-4H3,(H,12,13). The average Bonchev–Trinajstić information content (AvgIpc) is 2.11. The molecule has 2 nitrogen and oxygen atoms in total. The van der Waals surface area contributed by atoms with Crippen molar-refractivity contribution >= 4 is 17.7 Å². The highest BCUT2D eigenvalue weighted by Gasteiger charge is 2.15. The van der Waals surface area contributed by atoms with E-state index in [1.807, 2.05) is 11.8 Å². The number of carbonyl (C=O) groups is 1. The van der Waals surface area contributed by atoms with Gasteiger partial charge in [0.05, 0.1) is 0 Å². The lowest BCUT2D eigenvalue weighted by Gasteiger charge is -2.22. The molecule has 84 valence electrons. The molecule has 0 aromatic carbocycles. The fourth-order valence-corrected chi connectivity index (χ4v) is 2.46. The summed E-state index contributed by atoms with van der Waals surface area (Å²) in [5.74, 6) is 0.0760. The van der Waals surface area contributed by atoms with Gasteiger partial charge in [-0.3, -0.25) is 4.79 Å². The van der Waals surface area contributed by atoms with Gasteiger partial charge in [0.25, 0.3) is 0 Å². The van der Waals surface area contributed by atoms with Crippen LogP contribution in [-0.2, 0) is 4.79 Å². The van der Waals surface area contributed by atoms with Gasteiger partial charge in [0.1, 0.15) is 0 Å². The van der Waals surface area contributed by atoms with Gasteiger partial charge in [-0.25, -0.2) is 0 Å². The number of nitrogens with one attached hydrogen (secondary N) is 1. The number of unbranched alkanes of at least 4 members (excludes halogenated alkanes) is 2. The first-order valence-corrected chi connectivity index (χ1v) is 6.70. The van der Waals surface area contributed by atoms with E-state index in [9.17, 15) is 4.79 Å². The van der Waals surface area contributed by atoms with Crippen LogP contribution in [0.25, 0.3) is 0 Å². The van der Waals surface area contributed by atoms with Crippen molar-refractivity contribution in [2.24, 2.45) is 0 Å². The van der Waals surface area contributed by atoms with E-state index in [0.717, 1.165) is 0 Å². The smallest absolute Gasteiger partial charge is 0.217 e. The summed E-state index contributed by atoms with van der Waals surface area (Å²) in [4.78, 5) is 10.9. The van der Waals surface area contributed by atoms with Crippen LogP contribution in [0.15, 0.2) is 0 Å². The highest BCUT2D eigenvalue weighted by Crippen LogP contribution is 2.18. The molecule has 0 saturated heterocycles. The molecule has 0 aliphatic carbocycles. The Labute approximate surface area is 92.2 Å². The van der Waals surface area contributed by atoms with Crippen LogP contribution in [0.2, 0.25) is 0 Å². The van der Waals surface area contributed by atoms with E-state index in [4.69, 9.17) is 0 Å². The zero-order valence-electron chi connectivity index (χ0n) is 9.80. The van der Waals surface area contributed by atoms with Crippen LogP contribution < -0.4 is 5.32 Å². The van der Waals surface area contributed by atoms with Gasteiger partial charge in [-0.05, 0) is 19.6 Å². The minimum atomic E-state index is 0.0760. The van der Waals surface area contributed by atoms with Crippen molar-refractivity contribution in [2.75, 3.05) is 6.26 Å². The van der Waals surface area contributed by atoms with E-state index in [-0.39, 0.29) is 5.91 Å². The molecular formula is C11H23NOS. The van der Waals surface area contributed by atoms with Crippen molar-refractivity contribution in [3.63, 3.8) is 0 Å². The molecular weight excluding hydrogens is 194 g/mol. The zero-order valence-corrected chi connectivity index (χ0v) is 10.6. The average molecular weight is 217 g/mol. The van der Waals surface area contributed by atoms with Gasteiger partial charge in [0, 0.05) is 18.2 Å². The Morgan fingerprint density at radius 3 is 2.50 bits per heavy atom. The number of hydrogen-bond acceptors (Lipinski definition) is 2. The number of rotatable bonds is 7. The lowest BCUT2D eigenvalue weighted by molar-refractivity contribution is -0.119. The molecule has 2 unspecified atom stereocenters. The summed E-state index contributed by atoms with van der Waals surface area (Å²) >= 11 is 1.86. The Kier molecular flexibility index (Phi) is 8.05. The molecule has 0 aromatic rings.